The normalized spacial score (nSPS) is 11.6. The van der Waals surface area contributed by atoms with Crippen LogP contribution in [0.3, 0.4) is 0 Å². The first-order valence-corrected chi connectivity index (χ1v) is 9.10. The van der Waals surface area contributed by atoms with Crippen molar-refractivity contribution in [3.8, 4) is 0 Å². The van der Waals surface area contributed by atoms with E-state index in [-0.39, 0.29) is 24.0 Å². The van der Waals surface area contributed by atoms with Gasteiger partial charge in [0.15, 0.2) is 5.96 Å². The van der Waals surface area contributed by atoms with Crippen molar-refractivity contribution in [2.45, 2.75) is 39.3 Å². The fourth-order valence-corrected chi connectivity index (χ4v) is 2.70. The quantitative estimate of drug-likeness (QED) is 0.246. The van der Waals surface area contributed by atoms with E-state index in [1.807, 2.05) is 13.1 Å². The fraction of sp³-hybridized carbons (Fsp3) is 0.611. The van der Waals surface area contributed by atoms with Crippen molar-refractivity contribution in [3.05, 3.63) is 34.3 Å². The molecule has 0 saturated heterocycles. The van der Waals surface area contributed by atoms with Gasteiger partial charge in [-0.15, -0.1) is 24.0 Å². The summed E-state index contributed by atoms with van der Waals surface area (Å²) in [6, 6.07) is 8.93. The van der Waals surface area contributed by atoms with Crippen molar-refractivity contribution in [3.63, 3.8) is 0 Å². The Morgan fingerprint density at radius 3 is 2.46 bits per heavy atom. The summed E-state index contributed by atoms with van der Waals surface area (Å²) in [5, 5.41) is 3.45. The van der Waals surface area contributed by atoms with Crippen LogP contribution in [0.4, 0.5) is 0 Å². The molecule has 0 aliphatic carbocycles. The minimum Gasteiger partial charge on any atom is -0.356 e. The predicted molar refractivity (Wildman–Crippen MR) is 119 cm³/mol. The topological polar surface area (TPSA) is 30.9 Å². The van der Waals surface area contributed by atoms with E-state index in [9.17, 15) is 0 Å². The Hall–Kier alpha value is -0.340. The highest BCUT2D eigenvalue weighted by molar-refractivity contribution is 14.0. The molecule has 1 aromatic carbocycles. The summed E-state index contributed by atoms with van der Waals surface area (Å²) in [5.74, 6) is 0.943. The molecule has 0 aromatic heterocycles. The van der Waals surface area contributed by atoms with Gasteiger partial charge in [-0.05, 0) is 51.9 Å². The van der Waals surface area contributed by atoms with Gasteiger partial charge in [0.05, 0.1) is 0 Å². The molecule has 0 bridgehead atoms. The number of hydrogen-bond acceptors (Lipinski definition) is 2. The van der Waals surface area contributed by atoms with Gasteiger partial charge in [0.25, 0.3) is 0 Å². The smallest absolute Gasteiger partial charge is 0.193 e. The minimum atomic E-state index is 0. The molecule has 6 heteroatoms. The lowest BCUT2D eigenvalue weighted by Crippen LogP contribution is -2.39. The van der Waals surface area contributed by atoms with Crippen molar-refractivity contribution in [1.29, 1.82) is 0 Å². The molecule has 1 aromatic rings. The number of nitrogens with zero attached hydrogens (tertiary/aromatic N) is 3. The molecule has 0 radical (unpaired) electrons. The van der Waals surface area contributed by atoms with E-state index in [0.29, 0.717) is 6.04 Å². The molecule has 4 nitrogen and oxygen atoms in total. The monoisotopic (exact) mass is 510 g/mol. The van der Waals surface area contributed by atoms with Gasteiger partial charge < -0.3 is 15.1 Å². The van der Waals surface area contributed by atoms with Crippen LogP contribution in [0.15, 0.2) is 33.7 Å². The van der Waals surface area contributed by atoms with Crippen molar-refractivity contribution >= 4 is 45.9 Å². The molecule has 0 heterocycles. The Bertz CT molecular complexity index is 494. The molecule has 0 aliphatic heterocycles. The third-order valence-corrected chi connectivity index (χ3v) is 4.81. The molecule has 24 heavy (non-hydrogen) atoms. The number of benzene rings is 1. The molecule has 0 spiro atoms. The van der Waals surface area contributed by atoms with Gasteiger partial charge in [0.1, 0.15) is 0 Å². The third kappa shape index (κ3) is 8.67. The number of guanidine groups is 1. The van der Waals surface area contributed by atoms with Gasteiger partial charge in [-0.2, -0.15) is 0 Å². The molecule has 0 atom stereocenters. The molecule has 1 rings (SSSR count). The molecule has 0 aliphatic rings. The molecule has 0 fully saturated rings. The van der Waals surface area contributed by atoms with E-state index >= 15 is 0 Å². The second kappa shape index (κ2) is 12.9. The number of nitrogens with one attached hydrogen (secondary N) is 1. The average Bonchev–Trinajstić information content (AvgIpc) is 2.52. The Labute approximate surface area is 173 Å². The Morgan fingerprint density at radius 2 is 1.88 bits per heavy atom. The number of hydrogen-bond donors (Lipinski definition) is 1. The summed E-state index contributed by atoms with van der Waals surface area (Å²) in [7, 11) is 6.09. The van der Waals surface area contributed by atoms with E-state index in [1.165, 1.54) is 12.0 Å². The van der Waals surface area contributed by atoms with Crippen LogP contribution in [0, 0.1) is 0 Å². The van der Waals surface area contributed by atoms with Crippen LogP contribution in [0.5, 0.6) is 0 Å². The first kappa shape index (κ1) is 23.7. The standard InChI is InChI=1S/C18H31BrN4.HI/c1-15(2)22(4)13-9-8-12-21-18(20-3)23(5)14-16-10-6-7-11-17(16)19;/h6-7,10-11,15H,8-9,12-14H2,1-5H3,(H,20,21);1H. The number of rotatable bonds is 8. The second-order valence-corrected chi connectivity index (χ2v) is 7.06. The van der Waals surface area contributed by atoms with E-state index < -0.39 is 0 Å². The predicted octanol–water partition coefficient (Wildman–Crippen LogP) is 4.19. The lowest BCUT2D eigenvalue weighted by Gasteiger charge is -2.23. The number of unbranched alkanes of at least 4 members (excludes halogenated alkanes) is 1. The zero-order valence-corrected chi connectivity index (χ0v) is 19.5. The molecule has 0 amide bonds. The maximum Gasteiger partial charge on any atom is 0.193 e. The summed E-state index contributed by atoms with van der Waals surface area (Å²) in [5.41, 5.74) is 1.26. The maximum absolute atomic E-state index is 4.38. The van der Waals surface area contributed by atoms with Crippen LogP contribution in [-0.2, 0) is 6.54 Å². The molecule has 1 N–H and O–H groups in total. The highest BCUT2D eigenvalue weighted by Crippen LogP contribution is 2.17. The van der Waals surface area contributed by atoms with Crippen LogP contribution in [0.25, 0.3) is 0 Å². The lowest BCUT2D eigenvalue weighted by molar-refractivity contribution is 0.268. The Morgan fingerprint density at radius 1 is 1.21 bits per heavy atom. The molecule has 138 valence electrons. The van der Waals surface area contributed by atoms with Crippen molar-refractivity contribution < 1.29 is 0 Å². The summed E-state index contributed by atoms with van der Waals surface area (Å²) in [6.45, 7) is 7.40. The van der Waals surface area contributed by atoms with E-state index in [2.05, 4.69) is 82.2 Å². The zero-order valence-electron chi connectivity index (χ0n) is 15.6. The van der Waals surface area contributed by atoms with Crippen LogP contribution in [0.2, 0.25) is 0 Å². The van der Waals surface area contributed by atoms with Crippen LogP contribution in [-0.4, -0.2) is 56.0 Å². The Balaban J connectivity index is 0.00000529. The Kier molecular flexibility index (Phi) is 12.8. The summed E-state index contributed by atoms with van der Waals surface area (Å²) >= 11 is 3.60. The second-order valence-electron chi connectivity index (χ2n) is 6.20. The maximum atomic E-state index is 4.38. The van der Waals surface area contributed by atoms with Gasteiger partial charge in [0.2, 0.25) is 0 Å². The molecule has 0 unspecified atom stereocenters. The number of aliphatic imine (C=N–C) groups is 1. The van der Waals surface area contributed by atoms with Gasteiger partial charge in [-0.25, -0.2) is 0 Å². The fourth-order valence-electron chi connectivity index (χ4n) is 2.29. The van der Waals surface area contributed by atoms with Crippen LogP contribution < -0.4 is 5.32 Å². The minimum absolute atomic E-state index is 0. The largest absolute Gasteiger partial charge is 0.356 e. The molecular weight excluding hydrogens is 479 g/mol. The molecule has 0 saturated carbocycles. The van der Waals surface area contributed by atoms with Crippen molar-refractivity contribution in [2.24, 2.45) is 4.99 Å². The van der Waals surface area contributed by atoms with Gasteiger partial charge in [-0.1, -0.05) is 34.1 Å². The van der Waals surface area contributed by atoms with Gasteiger partial charge in [0, 0.05) is 37.7 Å². The van der Waals surface area contributed by atoms with Gasteiger partial charge in [-0.3, -0.25) is 4.99 Å². The third-order valence-electron chi connectivity index (χ3n) is 4.04. The van der Waals surface area contributed by atoms with Crippen molar-refractivity contribution in [1.82, 2.24) is 15.1 Å². The van der Waals surface area contributed by atoms with Crippen LogP contribution in [0.1, 0.15) is 32.3 Å². The van der Waals surface area contributed by atoms with Gasteiger partial charge >= 0.3 is 0 Å². The first-order chi connectivity index (χ1) is 11.0. The van der Waals surface area contributed by atoms with E-state index in [1.54, 1.807) is 0 Å². The van der Waals surface area contributed by atoms with Crippen LogP contribution >= 0.6 is 39.9 Å². The SMILES string of the molecule is CN=C(NCCCCN(C)C(C)C)N(C)Cc1ccccc1Br.I. The summed E-state index contributed by atoms with van der Waals surface area (Å²) in [6.07, 6.45) is 2.35. The summed E-state index contributed by atoms with van der Waals surface area (Å²) < 4.78 is 1.14. The highest BCUT2D eigenvalue weighted by atomic mass is 127. The average molecular weight is 511 g/mol. The van der Waals surface area contributed by atoms with Crippen molar-refractivity contribution in [2.75, 3.05) is 34.2 Å². The summed E-state index contributed by atoms with van der Waals surface area (Å²) in [4.78, 5) is 8.92. The first-order valence-electron chi connectivity index (χ1n) is 8.31. The zero-order chi connectivity index (χ0) is 17.2. The molecular formula is C18H32BrIN4. The highest BCUT2D eigenvalue weighted by Gasteiger charge is 2.08. The number of halogens is 2. The van der Waals surface area contributed by atoms with E-state index in [0.717, 1.165) is 36.5 Å². The lowest BCUT2D eigenvalue weighted by atomic mass is 10.2. The van der Waals surface area contributed by atoms with E-state index in [4.69, 9.17) is 0 Å².